The molecule has 5 heterocycles. The van der Waals surface area contributed by atoms with Crippen LogP contribution < -0.4 is 0 Å². The van der Waals surface area contributed by atoms with Gasteiger partial charge in [0.1, 0.15) is 11.5 Å². The second kappa shape index (κ2) is 7.69. The highest BCUT2D eigenvalue weighted by atomic mass is 16.5. The van der Waals surface area contributed by atoms with Gasteiger partial charge in [-0.2, -0.15) is 0 Å². The van der Waals surface area contributed by atoms with Crippen LogP contribution in [0.3, 0.4) is 0 Å². The van der Waals surface area contributed by atoms with Crippen molar-refractivity contribution in [2.24, 2.45) is 0 Å². The van der Waals surface area contributed by atoms with Crippen molar-refractivity contribution in [2.75, 3.05) is 0 Å². The summed E-state index contributed by atoms with van der Waals surface area (Å²) in [5.74, 6) is 2.55. The number of fused-ring (bicyclic) bond motifs is 4. The summed E-state index contributed by atoms with van der Waals surface area (Å²) in [7, 11) is 0. The Morgan fingerprint density at radius 2 is 1.97 bits per heavy atom. The molecule has 6 rings (SSSR count). The van der Waals surface area contributed by atoms with Crippen LogP contribution in [-0.4, -0.2) is 32.0 Å². The third-order valence-corrected chi connectivity index (χ3v) is 6.86. The molecule has 2 unspecified atom stereocenters. The average Bonchev–Trinajstić information content (AvgIpc) is 3.52. The van der Waals surface area contributed by atoms with Gasteiger partial charge >= 0.3 is 0 Å². The summed E-state index contributed by atoms with van der Waals surface area (Å²) >= 11 is 0. The molecule has 1 saturated heterocycles. The summed E-state index contributed by atoms with van der Waals surface area (Å²) in [5, 5.41) is 4.00. The first-order valence-corrected chi connectivity index (χ1v) is 11.3. The van der Waals surface area contributed by atoms with Gasteiger partial charge in [0.15, 0.2) is 11.6 Å². The predicted molar refractivity (Wildman–Crippen MR) is 121 cm³/mol. The van der Waals surface area contributed by atoms with Gasteiger partial charge in [0.05, 0.1) is 17.4 Å². The fourth-order valence-electron chi connectivity index (χ4n) is 5.16. The molecule has 2 atom stereocenters. The van der Waals surface area contributed by atoms with Gasteiger partial charge in [-0.3, -0.25) is 4.79 Å². The van der Waals surface area contributed by atoms with Gasteiger partial charge in [0, 0.05) is 41.8 Å². The summed E-state index contributed by atoms with van der Waals surface area (Å²) < 4.78 is 11.2. The standard InChI is InChI=1S/C26H24N4O3/c1-15-20(16(2)33-29-15)13-19-9-11-24(32-19)26(31)30-18-8-10-23(30)21-14-27-25(28-22(21)12-18)17-6-4-3-5-7-17/h3-7,9,11,14,18,23H,8,10,12-13H2,1-2H3. The second-order valence-corrected chi connectivity index (χ2v) is 8.87. The van der Waals surface area contributed by atoms with Crippen molar-refractivity contribution in [2.45, 2.75) is 51.6 Å². The topological polar surface area (TPSA) is 85.3 Å². The van der Waals surface area contributed by atoms with Crippen LogP contribution in [0.25, 0.3) is 11.4 Å². The summed E-state index contributed by atoms with van der Waals surface area (Å²) in [6, 6.07) is 13.8. The molecule has 2 bridgehead atoms. The number of aryl methyl sites for hydroxylation is 2. The van der Waals surface area contributed by atoms with E-state index in [2.05, 4.69) is 10.1 Å². The molecular formula is C26H24N4O3. The Kier molecular flexibility index (Phi) is 4.64. The first-order chi connectivity index (χ1) is 16.1. The maximum Gasteiger partial charge on any atom is 0.290 e. The van der Waals surface area contributed by atoms with Gasteiger partial charge < -0.3 is 13.8 Å². The van der Waals surface area contributed by atoms with Gasteiger partial charge in [-0.05, 0) is 38.8 Å². The highest BCUT2D eigenvalue weighted by molar-refractivity contribution is 5.92. The highest BCUT2D eigenvalue weighted by Gasteiger charge is 2.44. The minimum absolute atomic E-state index is 0.00724. The normalized spacial score (nSPS) is 19.0. The van der Waals surface area contributed by atoms with Crippen LogP contribution in [0.4, 0.5) is 0 Å². The number of hydrogen-bond donors (Lipinski definition) is 0. The lowest BCUT2D eigenvalue weighted by Crippen LogP contribution is -2.42. The molecule has 166 valence electrons. The number of benzene rings is 1. The summed E-state index contributed by atoms with van der Waals surface area (Å²) in [4.78, 5) is 24.9. The molecule has 33 heavy (non-hydrogen) atoms. The average molecular weight is 441 g/mol. The van der Waals surface area contributed by atoms with Gasteiger partial charge in [-0.1, -0.05) is 35.5 Å². The number of nitrogens with zero attached hydrogens (tertiary/aromatic N) is 4. The van der Waals surface area contributed by atoms with Crippen molar-refractivity contribution < 1.29 is 13.7 Å². The Morgan fingerprint density at radius 3 is 2.76 bits per heavy atom. The van der Waals surface area contributed by atoms with E-state index in [0.29, 0.717) is 12.2 Å². The monoisotopic (exact) mass is 440 g/mol. The predicted octanol–water partition coefficient (Wildman–Crippen LogP) is 4.83. The van der Waals surface area contributed by atoms with E-state index in [1.165, 1.54) is 0 Å². The van der Waals surface area contributed by atoms with Crippen molar-refractivity contribution >= 4 is 5.91 Å². The van der Waals surface area contributed by atoms with E-state index in [1.54, 1.807) is 6.07 Å². The van der Waals surface area contributed by atoms with Gasteiger partial charge in [-0.15, -0.1) is 0 Å². The lowest BCUT2D eigenvalue weighted by Gasteiger charge is -2.35. The van der Waals surface area contributed by atoms with Crippen molar-refractivity contribution in [1.82, 2.24) is 20.0 Å². The quantitative estimate of drug-likeness (QED) is 0.452. The molecule has 1 fully saturated rings. The summed E-state index contributed by atoms with van der Waals surface area (Å²) in [6.07, 6.45) is 5.08. The molecule has 0 N–H and O–H groups in total. The van der Waals surface area contributed by atoms with E-state index in [9.17, 15) is 4.79 Å². The molecule has 7 heteroatoms. The van der Waals surface area contributed by atoms with Crippen LogP contribution >= 0.6 is 0 Å². The van der Waals surface area contributed by atoms with E-state index in [4.69, 9.17) is 13.9 Å². The molecular weight excluding hydrogens is 416 g/mol. The Hall–Kier alpha value is -3.74. The van der Waals surface area contributed by atoms with Crippen LogP contribution in [0.15, 0.2) is 57.6 Å². The third kappa shape index (κ3) is 3.35. The molecule has 4 aromatic rings. The molecule has 7 nitrogen and oxygen atoms in total. The minimum atomic E-state index is -0.0645. The largest absolute Gasteiger partial charge is 0.456 e. The number of amides is 1. The number of carbonyl (C=O) groups excluding carboxylic acids is 1. The van der Waals surface area contributed by atoms with Crippen molar-refractivity contribution in [3.63, 3.8) is 0 Å². The van der Waals surface area contributed by atoms with Crippen LogP contribution in [0.5, 0.6) is 0 Å². The van der Waals surface area contributed by atoms with Crippen LogP contribution in [0.2, 0.25) is 0 Å². The Labute approximate surface area is 191 Å². The minimum Gasteiger partial charge on any atom is -0.456 e. The van der Waals surface area contributed by atoms with Gasteiger partial charge in [-0.25, -0.2) is 9.97 Å². The molecule has 2 aliphatic rings. The number of hydrogen-bond acceptors (Lipinski definition) is 6. The molecule has 1 aromatic carbocycles. The molecule has 2 aliphatic heterocycles. The Balaban J connectivity index is 1.25. The summed E-state index contributed by atoms with van der Waals surface area (Å²) in [6.45, 7) is 3.80. The summed E-state index contributed by atoms with van der Waals surface area (Å²) in [5.41, 5.74) is 4.96. The molecule has 0 aliphatic carbocycles. The smallest absolute Gasteiger partial charge is 0.290 e. The lowest BCUT2D eigenvalue weighted by molar-refractivity contribution is 0.0609. The first kappa shape index (κ1) is 19.9. The molecule has 0 spiro atoms. The van der Waals surface area contributed by atoms with Crippen LogP contribution in [0.1, 0.15) is 63.5 Å². The SMILES string of the molecule is Cc1noc(C)c1Cc1ccc(C(=O)N2C3CCC2c2cnc(-c4ccccc4)nc2C3)o1. The zero-order chi connectivity index (χ0) is 22.5. The van der Waals surface area contributed by atoms with E-state index >= 15 is 0 Å². The number of aromatic nitrogens is 3. The first-order valence-electron chi connectivity index (χ1n) is 11.3. The van der Waals surface area contributed by atoms with E-state index < -0.39 is 0 Å². The fraction of sp³-hybridized carbons (Fsp3) is 0.308. The third-order valence-electron chi connectivity index (χ3n) is 6.86. The zero-order valence-electron chi connectivity index (χ0n) is 18.6. The Bertz CT molecular complexity index is 1320. The van der Waals surface area contributed by atoms with Crippen molar-refractivity contribution in [3.8, 4) is 11.4 Å². The van der Waals surface area contributed by atoms with Crippen molar-refractivity contribution in [1.29, 1.82) is 0 Å². The second-order valence-electron chi connectivity index (χ2n) is 8.87. The molecule has 0 saturated carbocycles. The maximum atomic E-state index is 13.5. The lowest BCUT2D eigenvalue weighted by atomic mass is 9.98. The Morgan fingerprint density at radius 1 is 1.12 bits per heavy atom. The molecule has 1 amide bonds. The van der Waals surface area contributed by atoms with Crippen LogP contribution in [0, 0.1) is 13.8 Å². The molecule has 3 aromatic heterocycles. The van der Waals surface area contributed by atoms with E-state index in [1.807, 2.05) is 61.3 Å². The maximum absolute atomic E-state index is 13.5. The van der Waals surface area contributed by atoms with Gasteiger partial charge in [0.25, 0.3) is 5.91 Å². The zero-order valence-corrected chi connectivity index (χ0v) is 18.6. The number of carbonyl (C=O) groups is 1. The van der Waals surface area contributed by atoms with E-state index in [-0.39, 0.29) is 18.0 Å². The van der Waals surface area contributed by atoms with E-state index in [0.717, 1.165) is 64.7 Å². The number of rotatable bonds is 4. The highest BCUT2D eigenvalue weighted by Crippen LogP contribution is 2.44. The number of furan rings is 1. The van der Waals surface area contributed by atoms with Crippen molar-refractivity contribution in [3.05, 3.63) is 88.5 Å². The fourth-order valence-corrected chi connectivity index (χ4v) is 5.16. The van der Waals surface area contributed by atoms with Gasteiger partial charge in [0.2, 0.25) is 0 Å². The molecule has 0 radical (unpaired) electrons. The van der Waals surface area contributed by atoms with Crippen LogP contribution in [-0.2, 0) is 12.8 Å².